The Morgan fingerprint density at radius 3 is 2.85 bits per heavy atom. The second-order valence-corrected chi connectivity index (χ2v) is 4.89. The quantitative estimate of drug-likeness (QED) is 0.430. The number of ether oxygens (including phenoxy) is 1. The first-order valence-electron chi connectivity index (χ1n) is 5.87. The number of aliphatic hydroxyl groups excluding tert-OH is 3. The maximum absolute atomic E-state index is 10.0. The van der Waals surface area contributed by atoms with E-state index >= 15 is 0 Å². The number of nitrogens with one attached hydrogen (secondary N) is 1. The van der Waals surface area contributed by atoms with Crippen LogP contribution in [0.5, 0.6) is 0 Å². The molecule has 0 aromatic carbocycles. The first kappa shape index (κ1) is 13.4. The number of hydrogen-bond acceptors (Lipinski definition) is 8. The van der Waals surface area contributed by atoms with Crippen LogP contribution in [0.2, 0.25) is 0 Å². The zero-order chi connectivity index (χ0) is 14.4. The van der Waals surface area contributed by atoms with Crippen LogP contribution in [0.1, 0.15) is 6.23 Å². The van der Waals surface area contributed by atoms with Crippen LogP contribution in [-0.4, -0.2) is 59.8 Å². The number of aromatic amines is 1. The van der Waals surface area contributed by atoms with E-state index in [0.717, 1.165) is 0 Å². The Balaban J connectivity index is 2.09. The maximum atomic E-state index is 10.0. The van der Waals surface area contributed by atoms with Crippen LogP contribution in [0, 0.1) is 4.64 Å². The van der Waals surface area contributed by atoms with E-state index in [0.29, 0.717) is 11.2 Å². The first-order valence-corrected chi connectivity index (χ1v) is 6.28. The number of rotatable bonds is 2. The summed E-state index contributed by atoms with van der Waals surface area (Å²) in [4.78, 5) is 10.8. The summed E-state index contributed by atoms with van der Waals surface area (Å²) in [5.74, 6) is 0.107. The number of H-pyrrole nitrogens is 1. The molecule has 0 amide bonds. The second kappa shape index (κ2) is 4.75. The van der Waals surface area contributed by atoms with Crippen LogP contribution in [0.4, 0.5) is 5.95 Å². The summed E-state index contributed by atoms with van der Waals surface area (Å²) in [6.07, 6.45) is -2.77. The van der Waals surface area contributed by atoms with E-state index in [2.05, 4.69) is 15.0 Å². The molecule has 1 fully saturated rings. The lowest BCUT2D eigenvalue weighted by molar-refractivity contribution is -0.0511. The molecule has 4 atom stereocenters. The molecule has 20 heavy (non-hydrogen) atoms. The lowest BCUT2D eigenvalue weighted by Crippen LogP contribution is -2.33. The van der Waals surface area contributed by atoms with Gasteiger partial charge in [0.25, 0.3) is 0 Å². The van der Waals surface area contributed by atoms with Crippen molar-refractivity contribution >= 4 is 29.3 Å². The van der Waals surface area contributed by atoms with Crippen molar-refractivity contribution < 1.29 is 20.1 Å². The average Bonchev–Trinajstić information content (AvgIpc) is 2.93. The summed E-state index contributed by atoms with van der Waals surface area (Å²) in [5, 5.41) is 28.9. The van der Waals surface area contributed by atoms with Gasteiger partial charge in [0, 0.05) is 0 Å². The number of nitrogens with two attached hydrogens (primary N) is 1. The molecule has 3 rings (SSSR count). The lowest BCUT2D eigenvalue weighted by atomic mass is 10.1. The molecule has 3 heterocycles. The van der Waals surface area contributed by atoms with Gasteiger partial charge in [0.1, 0.15) is 29.5 Å². The monoisotopic (exact) mass is 299 g/mol. The van der Waals surface area contributed by atoms with Crippen molar-refractivity contribution in [1.29, 1.82) is 0 Å². The number of nitrogens with zero attached hydrogens (tertiary/aromatic N) is 3. The van der Waals surface area contributed by atoms with Gasteiger partial charge in [-0.3, -0.25) is 4.57 Å². The van der Waals surface area contributed by atoms with Gasteiger partial charge in [0.2, 0.25) is 0 Å². The van der Waals surface area contributed by atoms with Crippen LogP contribution < -0.4 is 5.73 Å². The van der Waals surface area contributed by atoms with Gasteiger partial charge in [-0.15, -0.1) is 0 Å². The van der Waals surface area contributed by atoms with Crippen molar-refractivity contribution in [3.63, 3.8) is 0 Å². The summed E-state index contributed by atoms with van der Waals surface area (Å²) in [6, 6.07) is 0. The van der Waals surface area contributed by atoms with Crippen LogP contribution in [0.25, 0.3) is 11.2 Å². The van der Waals surface area contributed by atoms with E-state index in [9.17, 15) is 10.2 Å². The molecule has 108 valence electrons. The van der Waals surface area contributed by atoms with E-state index in [4.69, 9.17) is 27.8 Å². The maximum Gasteiger partial charge on any atom is 0.200 e. The SMILES string of the molecule is Nc1nc(=S)c2ncn([C@H]3O[C@@H](CO)[C@@H](O)[C@H]3O)c2[nH]1. The predicted molar refractivity (Wildman–Crippen MR) is 70.1 cm³/mol. The fourth-order valence-electron chi connectivity index (χ4n) is 2.26. The Kier molecular flexibility index (Phi) is 3.18. The summed E-state index contributed by atoms with van der Waals surface area (Å²) < 4.78 is 7.11. The van der Waals surface area contributed by atoms with Gasteiger partial charge in [-0.2, -0.15) is 0 Å². The van der Waals surface area contributed by atoms with Crippen LogP contribution in [-0.2, 0) is 4.74 Å². The van der Waals surface area contributed by atoms with Crippen LogP contribution >= 0.6 is 12.2 Å². The molecule has 0 unspecified atom stereocenters. The third-order valence-electron chi connectivity index (χ3n) is 3.26. The highest BCUT2D eigenvalue weighted by Gasteiger charge is 2.43. The highest BCUT2D eigenvalue weighted by Crippen LogP contribution is 2.31. The van der Waals surface area contributed by atoms with Crippen molar-refractivity contribution in [2.24, 2.45) is 0 Å². The molecule has 0 aliphatic carbocycles. The predicted octanol–water partition coefficient (Wildman–Crippen LogP) is -1.32. The number of nitrogen functional groups attached to an aromatic ring is 1. The minimum Gasteiger partial charge on any atom is -0.394 e. The Morgan fingerprint density at radius 1 is 1.45 bits per heavy atom. The molecule has 1 saturated heterocycles. The van der Waals surface area contributed by atoms with Crippen molar-refractivity contribution in [2.45, 2.75) is 24.5 Å². The largest absolute Gasteiger partial charge is 0.394 e. The highest BCUT2D eigenvalue weighted by molar-refractivity contribution is 7.71. The summed E-state index contributed by atoms with van der Waals surface area (Å²) in [5.41, 5.74) is 6.44. The number of anilines is 1. The molecular weight excluding hydrogens is 286 g/mol. The number of aromatic nitrogens is 4. The molecule has 0 saturated carbocycles. The Labute approximate surface area is 117 Å². The molecule has 0 bridgehead atoms. The Hall–Kier alpha value is -1.59. The van der Waals surface area contributed by atoms with E-state index in [1.165, 1.54) is 10.9 Å². The summed E-state index contributed by atoms with van der Waals surface area (Å²) in [7, 11) is 0. The van der Waals surface area contributed by atoms with Crippen LogP contribution in [0.3, 0.4) is 0 Å². The zero-order valence-corrected chi connectivity index (χ0v) is 11.0. The molecule has 2 aromatic heterocycles. The van der Waals surface area contributed by atoms with Gasteiger partial charge in [-0.1, -0.05) is 12.2 Å². The van der Waals surface area contributed by atoms with Crippen molar-refractivity contribution in [1.82, 2.24) is 19.5 Å². The van der Waals surface area contributed by atoms with Gasteiger partial charge in [-0.05, 0) is 0 Å². The van der Waals surface area contributed by atoms with Gasteiger partial charge >= 0.3 is 0 Å². The Bertz CT molecular complexity index is 701. The molecule has 1 aliphatic heterocycles. The minimum absolute atomic E-state index is 0.107. The molecule has 1 aliphatic rings. The van der Waals surface area contributed by atoms with E-state index in [1.807, 2.05) is 0 Å². The minimum atomic E-state index is -1.21. The number of hydrogen-bond donors (Lipinski definition) is 5. The van der Waals surface area contributed by atoms with Crippen molar-refractivity contribution in [2.75, 3.05) is 12.3 Å². The van der Waals surface area contributed by atoms with Crippen molar-refractivity contribution in [3.8, 4) is 0 Å². The van der Waals surface area contributed by atoms with Gasteiger partial charge < -0.3 is 30.8 Å². The van der Waals surface area contributed by atoms with E-state index in [-0.39, 0.29) is 10.6 Å². The molecule has 2 aromatic rings. The summed E-state index contributed by atoms with van der Waals surface area (Å²) in [6.45, 7) is -0.402. The number of aliphatic hydroxyl groups is 3. The third kappa shape index (κ3) is 1.89. The van der Waals surface area contributed by atoms with Gasteiger partial charge in [0.15, 0.2) is 16.8 Å². The molecule has 0 spiro atoms. The molecule has 9 nitrogen and oxygen atoms in total. The fraction of sp³-hybridized carbons (Fsp3) is 0.500. The third-order valence-corrected chi connectivity index (χ3v) is 3.54. The summed E-state index contributed by atoms with van der Waals surface area (Å²) >= 11 is 5.05. The fourth-order valence-corrected chi connectivity index (χ4v) is 2.50. The smallest absolute Gasteiger partial charge is 0.200 e. The van der Waals surface area contributed by atoms with Crippen molar-refractivity contribution in [3.05, 3.63) is 11.0 Å². The van der Waals surface area contributed by atoms with E-state index < -0.39 is 31.1 Å². The molecule has 10 heteroatoms. The molecule has 0 radical (unpaired) electrons. The van der Waals surface area contributed by atoms with Gasteiger partial charge in [0.05, 0.1) is 12.9 Å². The standard InChI is InChI=1S/C10H13N5O4S/c11-10-13-7-4(8(20)14-10)12-2-15(7)9-6(18)5(17)3(1-16)19-9/h2-3,5-6,9,16-18H,1H2,(H3,11,13,14,20)/t3-,5+,6+,9-/m0/s1. The molecular formula is C10H13N5O4S. The van der Waals surface area contributed by atoms with Gasteiger partial charge in [-0.25, -0.2) is 9.97 Å². The normalized spacial score (nSPS) is 30.1. The average molecular weight is 299 g/mol. The number of imidazole rings is 1. The number of fused-ring (bicyclic) bond motifs is 1. The topological polar surface area (TPSA) is 142 Å². The second-order valence-electron chi connectivity index (χ2n) is 4.51. The van der Waals surface area contributed by atoms with Crippen LogP contribution in [0.15, 0.2) is 6.33 Å². The Morgan fingerprint density at radius 2 is 2.20 bits per heavy atom. The first-order chi connectivity index (χ1) is 9.52. The molecule has 6 N–H and O–H groups in total. The van der Waals surface area contributed by atoms with E-state index in [1.54, 1.807) is 0 Å². The zero-order valence-electron chi connectivity index (χ0n) is 10.2. The lowest BCUT2D eigenvalue weighted by Gasteiger charge is -2.16. The highest BCUT2D eigenvalue weighted by atomic mass is 32.1.